The topological polar surface area (TPSA) is 86.7 Å². The number of hydrogen-bond acceptors (Lipinski definition) is 5. The van der Waals surface area contributed by atoms with Gasteiger partial charge in [-0.1, -0.05) is 54.3 Å². The number of amides is 2. The fraction of sp³-hybridized carbons (Fsp3) is 0.100. The Kier molecular flexibility index (Phi) is 6.40. The first-order chi connectivity index (χ1) is 13.9. The van der Waals surface area contributed by atoms with Crippen molar-refractivity contribution in [1.82, 2.24) is 4.90 Å². The van der Waals surface area contributed by atoms with Crippen LogP contribution in [0.25, 0.3) is 6.08 Å². The average Bonchev–Trinajstić information content (AvgIpc) is 2.95. The summed E-state index contributed by atoms with van der Waals surface area (Å²) in [6, 6.07) is 12.1. The third kappa shape index (κ3) is 4.87. The number of benzene rings is 2. The van der Waals surface area contributed by atoms with Crippen LogP contribution in [0.3, 0.4) is 0 Å². The molecule has 2 aromatic rings. The van der Waals surface area contributed by atoms with Crippen molar-refractivity contribution in [3.63, 3.8) is 0 Å². The summed E-state index contributed by atoms with van der Waals surface area (Å²) in [5.74, 6) is -2.46. The third-order valence-corrected chi connectivity index (χ3v) is 5.44. The molecule has 1 aliphatic rings. The molecule has 0 radical (unpaired) electrons. The number of thioether (sulfide) groups is 1. The molecule has 148 valence electrons. The Morgan fingerprint density at radius 2 is 1.86 bits per heavy atom. The number of aromatic carboxylic acids is 1. The lowest BCUT2D eigenvalue weighted by Crippen LogP contribution is -2.31. The predicted octanol–water partition coefficient (Wildman–Crippen LogP) is 3.75. The summed E-state index contributed by atoms with van der Waals surface area (Å²) in [6.07, 6.45) is 1.35. The van der Waals surface area contributed by atoms with E-state index in [1.807, 2.05) is 0 Å². The molecule has 1 fully saturated rings. The zero-order valence-corrected chi connectivity index (χ0v) is 16.6. The highest BCUT2D eigenvalue weighted by Crippen LogP contribution is 2.33. The molecule has 1 saturated heterocycles. The molecule has 3 rings (SSSR count). The number of nitrogens with zero attached hydrogens (tertiary/aromatic N) is 1. The minimum atomic E-state index is -1.16. The SMILES string of the molecule is O=C(CCN1C(=O)/C(=C\c2ccccc2F)SC1=S)Nc1ccccc1C(=O)O. The maximum Gasteiger partial charge on any atom is 0.337 e. The summed E-state index contributed by atoms with van der Waals surface area (Å²) < 4.78 is 14.1. The zero-order chi connectivity index (χ0) is 21.0. The van der Waals surface area contributed by atoms with Crippen molar-refractivity contribution in [2.24, 2.45) is 0 Å². The van der Waals surface area contributed by atoms with Crippen LogP contribution >= 0.6 is 24.0 Å². The number of carboxylic acids is 1. The van der Waals surface area contributed by atoms with E-state index in [2.05, 4.69) is 5.32 Å². The van der Waals surface area contributed by atoms with Gasteiger partial charge in [-0.2, -0.15) is 0 Å². The molecule has 0 bridgehead atoms. The van der Waals surface area contributed by atoms with E-state index in [0.717, 1.165) is 11.8 Å². The van der Waals surface area contributed by atoms with Gasteiger partial charge in [0.25, 0.3) is 5.91 Å². The molecule has 2 amide bonds. The van der Waals surface area contributed by atoms with Crippen LogP contribution in [0, 0.1) is 5.82 Å². The van der Waals surface area contributed by atoms with Crippen LogP contribution in [0.1, 0.15) is 22.3 Å². The minimum absolute atomic E-state index is 0.0281. The molecule has 0 saturated carbocycles. The van der Waals surface area contributed by atoms with Gasteiger partial charge in [0.05, 0.1) is 16.2 Å². The second-order valence-electron chi connectivity index (χ2n) is 6.00. The van der Waals surface area contributed by atoms with Gasteiger partial charge in [-0.25, -0.2) is 9.18 Å². The number of para-hydroxylation sites is 1. The van der Waals surface area contributed by atoms with Crippen LogP contribution in [0.15, 0.2) is 53.4 Å². The lowest BCUT2D eigenvalue weighted by Gasteiger charge is -2.14. The fourth-order valence-electron chi connectivity index (χ4n) is 2.63. The lowest BCUT2D eigenvalue weighted by molar-refractivity contribution is -0.122. The molecule has 1 aliphatic heterocycles. The first kappa shape index (κ1) is 20.7. The number of carbonyl (C=O) groups is 3. The summed E-state index contributed by atoms with van der Waals surface area (Å²) in [4.78, 5) is 37.5. The minimum Gasteiger partial charge on any atom is -0.478 e. The molecule has 0 spiro atoms. The maximum absolute atomic E-state index is 13.8. The Hall–Kier alpha value is -3.04. The van der Waals surface area contributed by atoms with Gasteiger partial charge in [-0.3, -0.25) is 14.5 Å². The van der Waals surface area contributed by atoms with Crippen molar-refractivity contribution in [3.05, 3.63) is 70.4 Å². The fourth-order valence-corrected chi connectivity index (χ4v) is 3.93. The van der Waals surface area contributed by atoms with E-state index in [0.29, 0.717) is 0 Å². The van der Waals surface area contributed by atoms with Crippen molar-refractivity contribution in [2.75, 3.05) is 11.9 Å². The number of thiocarbonyl (C=S) groups is 1. The standard InChI is InChI=1S/C20H15FN2O4S2/c21-14-7-3-1-5-12(14)11-16-18(25)23(20(28)29-16)10-9-17(24)22-15-8-4-2-6-13(15)19(26)27/h1-8,11H,9-10H2,(H,22,24)(H,26,27)/b16-11+. The molecule has 6 nitrogen and oxygen atoms in total. The third-order valence-electron chi connectivity index (χ3n) is 4.06. The largest absolute Gasteiger partial charge is 0.478 e. The number of anilines is 1. The van der Waals surface area contributed by atoms with Gasteiger partial charge >= 0.3 is 5.97 Å². The van der Waals surface area contributed by atoms with Gasteiger partial charge in [0.15, 0.2) is 0 Å². The molecular formula is C20H15FN2O4S2. The normalized spacial score (nSPS) is 15.1. The molecule has 9 heteroatoms. The van der Waals surface area contributed by atoms with Gasteiger partial charge in [0.2, 0.25) is 5.91 Å². The molecule has 2 aromatic carbocycles. The van der Waals surface area contributed by atoms with Crippen LogP contribution in [0.4, 0.5) is 10.1 Å². The number of hydrogen-bond donors (Lipinski definition) is 2. The number of carbonyl (C=O) groups excluding carboxylic acids is 2. The van der Waals surface area contributed by atoms with E-state index in [9.17, 15) is 18.8 Å². The summed E-state index contributed by atoms with van der Waals surface area (Å²) >= 11 is 6.24. The number of carboxylic acid groups (broad SMARTS) is 1. The number of nitrogens with one attached hydrogen (secondary N) is 1. The molecule has 0 unspecified atom stereocenters. The van der Waals surface area contributed by atoms with Crippen molar-refractivity contribution in [3.8, 4) is 0 Å². The van der Waals surface area contributed by atoms with E-state index in [-0.39, 0.29) is 39.0 Å². The smallest absolute Gasteiger partial charge is 0.337 e. The highest BCUT2D eigenvalue weighted by atomic mass is 32.2. The average molecular weight is 430 g/mol. The van der Waals surface area contributed by atoms with E-state index < -0.39 is 23.6 Å². The van der Waals surface area contributed by atoms with Crippen LogP contribution in [0.5, 0.6) is 0 Å². The quantitative estimate of drug-likeness (QED) is 0.536. The highest BCUT2D eigenvalue weighted by Gasteiger charge is 2.32. The van der Waals surface area contributed by atoms with Crippen molar-refractivity contribution in [1.29, 1.82) is 0 Å². The molecule has 0 aliphatic carbocycles. The van der Waals surface area contributed by atoms with Crippen LogP contribution < -0.4 is 5.32 Å². The van der Waals surface area contributed by atoms with Crippen molar-refractivity contribution < 1.29 is 23.9 Å². The van der Waals surface area contributed by atoms with Gasteiger partial charge in [0.1, 0.15) is 10.1 Å². The zero-order valence-electron chi connectivity index (χ0n) is 14.9. The summed E-state index contributed by atoms with van der Waals surface area (Å²) in [5, 5.41) is 11.7. The summed E-state index contributed by atoms with van der Waals surface area (Å²) in [7, 11) is 0. The number of rotatable bonds is 6. The Morgan fingerprint density at radius 3 is 2.59 bits per heavy atom. The first-order valence-electron chi connectivity index (χ1n) is 8.49. The lowest BCUT2D eigenvalue weighted by atomic mass is 10.1. The van der Waals surface area contributed by atoms with Crippen molar-refractivity contribution >= 4 is 57.8 Å². The van der Waals surface area contributed by atoms with E-state index in [1.54, 1.807) is 30.3 Å². The maximum atomic E-state index is 13.8. The van der Waals surface area contributed by atoms with Gasteiger partial charge in [-0.15, -0.1) is 0 Å². The highest BCUT2D eigenvalue weighted by molar-refractivity contribution is 8.26. The van der Waals surface area contributed by atoms with Gasteiger partial charge < -0.3 is 10.4 Å². The second kappa shape index (κ2) is 8.97. The molecule has 29 heavy (non-hydrogen) atoms. The van der Waals surface area contributed by atoms with Gasteiger partial charge in [0, 0.05) is 18.5 Å². The Balaban J connectivity index is 1.65. The summed E-state index contributed by atoms with van der Waals surface area (Å²) in [5.41, 5.74) is 0.421. The van der Waals surface area contributed by atoms with Crippen molar-refractivity contribution in [2.45, 2.75) is 6.42 Å². The Morgan fingerprint density at radius 1 is 1.17 bits per heavy atom. The second-order valence-corrected chi connectivity index (χ2v) is 7.68. The van der Waals surface area contributed by atoms with Crippen LogP contribution in [-0.4, -0.2) is 38.7 Å². The van der Waals surface area contributed by atoms with Crippen LogP contribution in [0.2, 0.25) is 0 Å². The van der Waals surface area contributed by atoms with Crippen LogP contribution in [-0.2, 0) is 9.59 Å². The number of halogens is 1. The van der Waals surface area contributed by atoms with E-state index in [1.165, 1.54) is 29.2 Å². The molecular weight excluding hydrogens is 415 g/mol. The Labute approximate surface area is 175 Å². The molecule has 0 aromatic heterocycles. The van der Waals surface area contributed by atoms with E-state index >= 15 is 0 Å². The first-order valence-corrected chi connectivity index (χ1v) is 9.71. The Bertz CT molecular complexity index is 1040. The summed E-state index contributed by atoms with van der Waals surface area (Å²) in [6.45, 7) is 0.0281. The van der Waals surface area contributed by atoms with E-state index in [4.69, 9.17) is 17.3 Å². The van der Waals surface area contributed by atoms with Gasteiger partial charge in [-0.05, 0) is 24.3 Å². The monoisotopic (exact) mass is 430 g/mol. The molecule has 2 N–H and O–H groups in total. The molecule has 1 heterocycles. The predicted molar refractivity (Wildman–Crippen MR) is 113 cm³/mol. The molecule has 0 atom stereocenters.